The number of carbonyl (C=O) groups excluding carboxylic acids is 4. The van der Waals surface area contributed by atoms with Crippen LogP contribution in [0.5, 0.6) is 0 Å². The van der Waals surface area contributed by atoms with E-state index in [1.165, 1.54) is 19.3 Å². The molecule has 0 radical (unpaired) electrons. The van der Waals surface area contributed by atoms with Crippen LogP contribution in [0.1, 0.15) is 89.4 Å². The van der Waals surface area contributed by atoms with E-state index in [9.17, 15) is 19.2 Å². The molecule has 2 aromatic rings. The first kappa shape index (κ1) is 35.3. The van der Waals surface area contributed by atoms with Gasteiger partial charge in [0.2, 0.25) is 11.2 Å². The summed E-state index contributed by atoms with van der Waals surface area (Å²) in [4.78, 5) is 51.8. The first-order valence-corrected chi connectivity index (χ1v) is 18.5. The second kappa shape index (κ2) is 15.9. The zero-order valence-corrected chi connectivity index (χ0v) is 29.3. The normalized spacial score (nSPS) is 26.2. The molecule has 5 rings (SSSR count). The number of thiol groups is 1. The average molecular weight is 683 g/mol. The minimum Gasteiger partial charge on any atom is -0.440 e. The Bertz CT molecular complexity index is 1400. The number of piperidine rings is 1. The SMILES string of the molecule is CC1CCNC(=O)[C@@H]1C[C@@H](C=O)NC(=O)C1[SH+]C(NC(=O)OC(c2ccccc2)C(C)(C)c2cccc(Cl)c2)[C@H]1CC1CCCCC1. The maximum Gasteiger partial charge on any atom is 0.411 e. The molecule has 0 spiro atoms. The van der Waals surface area contributed by atoms with Gasteiger partial charge < -0.3 is 20.2 Å². The van der Waals surface area contributed by atoms with E-state index in [2.05, 4.69) is 16.0 Å². The molecule has 0 aromatic heterocycles. The maximum absolute atomic E-state index is 13.6. The average Bonchev–Trinajstić information content (AvgIpc) is 3.06. The summed E-state index contributed by atoms with van der Waals surface area (Å²) in [5.41, 5.74) is 1.22. The molecule has 8 nitrogen and oxygen atoms in total. The molecule has 1 aliphatic carbocycles. The van der Waals surface area contributed by atoms with Crippen molar-refractivity contribution in [2.75, 3.05) is 6.54 Å². The highest BCUT2D eigenvalue weighted by atomic mass is 35.5. The fourth-order valence-electron chi connectivity index (χ4n) is 7.54. The van der Waals surface area contributed by atoms with Gasteiger partial charge in [-0.3, -0.25) is 14.9 Å². The fraction of sp³-hybridized carbons (Fsp3) is 0.568. The minimum absolute atomic E-state index is 0.0584. The van der Waals surface area contributed by atoms with Gasteiger partial charge in [0.25, 0.3) is 5.91 Å². The van der Waals surface area contributed by atoms with Crippen LogP contribution in [0, 0.1) is 23.7 Å². The molecular weight excluding hydrogens is 634 g/mol. The molecular formula is C37H49ClN3O5S+. The van der Waals surface area contributed by atoms with Crippen molar-refractivity contribution < 1.29 is 23.9 Å². The van der Waals surface area contributed by atoms with Crippen molar-refractivity contribution in [1.82, 2.24) is 16.0 Å². The highest BCUT2D eigenvalue weighted by Gasteiger charge is 2.56. The van der Waals surface area contributed by atoms with Crippen LogP contribution >= 0.6 is 11.6 Å². The summed E-state index contributed by atoms with van der Waals surface area (Å²) in [6.07, 6.45) is 7.43. The zero-order valence-electron chi connectivity index (χ0n) is 27.6. The molecule has 10 heteroatoms. The van der Waals surface area contributed by atoms with Crippen molar-refractivity contribution in [3.8, 4) is 0 Å². The summed E-state index contributed by atoms with van der Waals surface area (Å²) in [5, 5.41) is 8.97. The van der Waals surface area contributed by atoms with Crippen molar-refractivity contribution in [2.45, 2.75) is 100 Å². The van der Waals surface area contributed by atoms with Gasteiger partial charge in [-0.15, -0.1) is 0 Å². The van der Waals surface area contributed by atoms with Crippen molar-refractivity contribution in [2.24, 2.45) is 23.7 Å². The lowest BCUT2D eigenvalue weighted by atomic mass is 9.76. The van der Waals surface area contributed by atoms with E-state index >= 15 is 0 Å². The molecule has 2 aromatic carbocycles. The molecule has 3 N–H and O–H groups in total. The van der Waals surface area contributed by atoms with Crippen LogP contribution in [0.4, 0.5) is 4.79 Å². The topological polar surface area (TPSA) is 114 Å². The molecule has 1 saturated carbocycles. The van der Waals surface area contributed by atoms with Gasteiger partial charge in [-0.1, -0.05) is 107 Å². The number of amides is 3. The third kappa shape index (κ3) is 8.71. The molecule has 3 aliphatic rings. The summed E-state index contributed by atoms with van der Waals surface area (Å²) < 4.78 is 6.24. The summed E-state index contributed by atoms with van der Waals surface area (Å²) >= 11 is 7.13. The number of carbonyl (C=O) groups is 4. The van der Waals surface area contributed by atoms with Gasteiger partial charge in [0, 0.05) is 34.7 Å². The first-order valence-electron chi connectivity index (χ1n) is 17.1. The Morgan fingerprint density at radius 2 is 1.83 bits per heavy atom. The number of hydrogen-bond donors (Lipinski definition) is 3. The number of aldehydes is 1. The van der Waals surface area contributed by atoms with Crippen LogP contribution in [0.25, 0.3) is 0 Å². The van der Waals surface area contributed by atoms with Gasteiger partial charge in [0.1, 0.15) is 12.4 Å². The predicted molar refractivity (Wildman–Crippen MR) is 187 cm³/mol. The van der Waals surface area contributed by atoms with Crippen LogP contribution in [0.2, 0.25) is 5.02 Å². The Morgan fingerprint density at radius 1 is 1.09 bits per heavy atom. The summed E-state index contributed by atoms with van der Waals surface area (Å²) in [5.74, 6) is 0.00213. The number of benzene rings is 2. The lowest BCUT2D eigenvalue weighted by molar-refractivity contribution is -0.130. The zero-order chi connectivity index (χ0) is 33.6. The Kier molecular flexibility index (Phi) is 11.9. The molecule has 47 heavy (non-hydrogen) atoms. The number of nitrogens with one attached hydrogen (secondary N) is 3. The third-order valence-corrected chi connectivity index (χ3v) is 12.5. The molecule has 254 valence electrons. The van der Waals surface area contributed by atoms with E-state index in [0.717, 1.165) is 54.9 Å². The third-order valence-electron chi connectivity index (χ3n) is 10.5. The smallest absolute Gasteiger partial charge is 0.411 e. The number of halogens is 1. The van der Waals surface area contributed by atoms with Crippen LogP contribution in [-0.4, -0.2) is 47.4 Å². The molecule has 2 heterocycles. The van der Waals surface area contributed by atoms with E-state index in [-0.39, 0.29) is 46.6 Å². The van der Waals surface area contributed by atoms with Gasteiger partial charge in [-0.2, -0.15) is 0 Å². The molecule has 2 aliphatic heterocycles. The summed E-state index contributed by atoms with van der Waals surface area (Å²) in [6.45, 7) is 6.74. The highest BCUT2D eigenvalue weighted by molar-refractivity contribution is 7.82. The number of alkyl carbamates (subject to hydrolysis) is 1. The first-order chi connectivity index (χ1) is 22.6. The summed E-state index contributed by atoms with van der Waals surface area (Å²) in [6, 6.07) is 16.6. The largest absolute Gasteiger partial charge is 0.440 e. The van der Waals surface area contributed by atoms with Crippen LogP contribution in [0.15, 0.2) is 54.6 Å². The summed E-state index contributed by atoms with van der Waals surface area (Å²) in [7, 11) is 0. The monoisotopic (exact) mass is 682 g/mol. The van der Waals surface area contributed by atoms with E-state index in [0.29, 0.717) is 17.5 Å². The Balaban J connectivity index is 1.28. The molecule has 0 bridgehead atoms. The molecule has 7 atom stereocenters. The standard InChI is InChI=1S/C37H48ClN3O5S/c1-23-17-18-39-33(43)29(23)21-28(22-42)40-34(44)31-30(19-24-11-6-4-7-12-24)35(47-31)41-36(45)46-32(25-13-8-5-9-14-25)37(2,3)26-15-10-16-27(38)20-26/h5,8-10,13-16,20,22-24,28-32,35H,4,6-7,11-12,17-19,21H2,1-3H3,(H,39,43)(H,40,44)(H,41,45)/p+1/t23?,28-,29+,30-,31?,32?,35?/m0/s1. The van der Waals surface area contributed by atoms with Crippen LogP contribution in [0.3, 0.4) is 0 Å². The van der Waals surface area contributed by atoms with Gasteiger partial charge in [0.15, 0.2) is 5.37 Å². The lowest BCUT2D eigenvalue weighted by Gasteiger charge is -2.39. The van der Waals surface area contributed by atoms with Crippen molar-refractivity contribution >= 4 is 47.6 Å². The van der Waals surface area contributed by atoms with Gasteiger partial charge in [-0.05, 0) is 54.4 Å². The van der Waals surface area contributed by atoms with E-state index < -0.39 is 23.7 Å². The second-order valence-electron chi connectivity index (χ2n) is 14.2. The fourth-order valence-corrected chi connectivity index (χ4v) is 9.20. The number of rotatable bonds is 12. The number of ether oxygens (including phenoxy) is 1. The van der Waals surface area contributed by atoms with Crippen LogP contribution in [-0.2, 0) is 36.3 Å². The van der Waals surface area contributed by atoms with Crippen molar-refractivity contribution in [3.63, 3.8) is 0 Å². The van der Waals surface area contributed by atoms with E-state index in [1.807, 2.05) is 75.4 Å². The molecule has 3 amide bonds. The molecule has 4 unspecified atom stereocenters. The van der Waals surface area contributed by atoms with Gasteiger partial charge in [0.05, 0.1) is 12.0 Å². The Morgan fingerprint density at radius 3 is 2.51 bits per heavy atom. The quantitative estimate of drug-likeness (QED) is 0.144. The van der Waals surface area contributed by atoms with Gasteiger partial charge >= 0.3 is 6.09 Å². The lowest BCUT2D eigenvalue weighted by Crippen LogP contribution is -2.63. The van der Waals surface area contributed by atoms with Crippen LogP contribution < -0.4 is 16.0 Å². The van der Waals surface area contributed by atoms with E-state index in [1.54, 1.807) is 0 Å². The second-order valence-corrected chi connectivity index (χ2v) is 16.0. The van der Waals surface area contributed by atoms with Crippen molar-refractivity contribution in [3.05, 3.63) is 70.7 Å². The Hall–Kier alpha value is -3.04. The van der Waals surface area contributed by atoms with Crippen molar-refractivity contribution in [1.29, 1.82) is 0 Å². The maximum atomic E-state index is 13.6. The van der Waals surface area contributed by atoms with Gasteiger partial charge in [-0.25, -0.2) is 4.79 Å². The molecule has 2 saturated heterocycles. The highest BCUT2D eigenvalue weighted by Crippen LogP contribution is 2.42. The number of hydrogen-bond acceptors (Lipinski definition) is 5. The Labute approximate surface area is 287 Å². The molecule has 3 fully saturated rings. The van der Waals surface area contributed by atoms with E-state index in [4.69, 9.17) is 16.3 Å². The minimum atomic E-state index is -0.735. The predicted octanol–water partition coefficient (Wildman–Crippen LogP) is 6.04.